The average molecular weight is 302 g/mol. The maximum absolute atomic E-state index is 4.52. The summed E-state index contributed by atoms with van der Waals surface area (Å²) < 4.78 is 0. The summed E-state index contributed by atoms with van der Waals surface area (Å²) >= 11 is 1.55. The highest BCUT2D eigenvalue weighted by Gasteiger charge is 2.05. The van der Waals surface area contributed by atoms with Crippen LogP contribution in [0, 0.1) is 13.8 Å². The van der Waals surface area contributed by atoms with Crippen molar-refractivity contribution in [3.05, 3.63) is 35.4 Å². The zero-order valence-corrected chi connectivity index (χ0v) is 13.8. The average Bonchev–Trinajstić information content (AvgIpc) is 2.43. The molecule has 0 aliphatic heterocycles. The maximum atomic E-state index is 4.52. The molecule has 1 heterocycles. The number of hydrogen-bond acceptors (Lipinski definition) is 5. The molecule has 1 aromatic heterocycles. The number of thioether (sulfide) groups is 1. The van der Waals surface area contributed by atoms with Gasteiger partial charge < -0.3 is 10.6 Å². The fourth-order valence-electron chi connectivity index (χ4n) is 2.12. The van der Waals surface area contributed by atoms with Gasteiger partial charge in [-0.25, -0.2) is 9.97 Å². The predicted octanol–water partition coefficient (Wildman–Crippen LogP) is 4.38. The molecule has 0 aliphatic rings. The Bertz CT molecular complexity index is 593. The minimum atomic E-state index is 0.767. The van der Waals surface area contributed by atoms with Gasteiger partial charge >= 0.3 is 0 Å². The van der Waals surface area contributed by atoms with Crippen LogP contribution in [0.5, 0.6) is 0 Å². The lowest BCUT2D eigenvalue weighted by Crippen LogP contribution is -2.05. The van der Waals surface area contributed by atoms with Crippen LogP contribution in [0.2, 0.25) is 0 Å². The van der Waals surface area contributed by atoms with Crippen LogP contribution in [0.4, 0.5) is 17.3 Å². The number of aryl methyl sites for hydroxylation is 2. The lowest BCUT2D eigenvalue weighted by atomic mass is 10.1. The number of nitrogens with one attached hydrogen (secondary N) is 2. The van der Waals surface area contributed by atoms with Crippen LogP contribution in [0.1, 0.15) is 24.5 Å². The molecule has 4 nitrogen and oxygen atoms in total. The minimum absolute atomic E-state index is 0.767. The number of nitrogens with zero attached hydrogens (tertiary/aromatic N) is 2. The standard InChI is InChI=1S/C16H22N4S/c1-5-6-17-14-10-15(20-16(19-14)21-4)18-13-8-11(2)7-12(3)9-13/h7-10H,5-6H2,1-4H3,(H2,17,18,19,20). The topological polar surface area (TPSA) is 49.8 Å². The number of anilines is 3. The lowest BCUT2D eigenvalue weighted by Gasteiger charge is -2.11. The van der Waals surface area contributed by atoms with Crippen LogP contribution in [0.3, 0.4) is 0 Å². The Kier molecular flexibility index (Phi) is 5.44. The van der Waals surface area contributed by atoms with Gasteiger partial charge in [-0.2, -0.15) is 0 Å². The Balaban J connectivity index is 2.25. The van der Waals surface area contributed by atoms with Crippen molar-refractivity contribution in [3.8, 4) is 0 Å². The second kappa shape index (κ2) is 7.31. The van der Waals surface area contributed by atoms with Crippen molar-refractivity contribution >= 4 is 29.1 Å². The molecule has 1 aromatic carbocycles. The van der Waals surface area contributed by atoms with Crippen LogP contribution in [-0.2, 0) is 0 Å². The molecular formula is C16H22N4S. The van der Waals surface area contributed by atoms with Crippen LogP contribution in [0.15, 0.2) is 29.4 Å². The van der Waals surface area contributed by atoms with E-state index in [0.29, 0.717) is 0 Å². The van der Waals surface area contributed by atoms with Crippen LogP contribution in [0.25, 0.3) is 0 Å². The van der Waals surface area contributed by atoms with E-state index in [-0.39, 0.29) is 0 Å². The molecule has 2 N–H and O–H groups in total. The number of hydrogen-bond donors (Lipinski definition) is 2. The van der Waals surface area contributed by atoms with Crippen molar-refractivity contribution < 1.29 is 0 Å². The second-order valence-corrected chi connectivity index (χ2v) is 5.83. The van der Waals surface area contributed by atoms with Gasteiger partial charge in [-0.05, 0) is 49.8 Å². The zero-order valence-electron chi connectivity index (χ0n) is 13.0. The third-order valence-electron chi connectivity index (χ3n) is 2.94. The maximum Gasteiger partial charge on any atom is 0.191 e. The molecule has 0 fully saturated rings. The Morgan fingerprint density at radius 2 is 1.67 bits per heavy atom. The summed E-state index contributed by atoms with van der Waals surface area (Å²) in [5, 5.41) is 7.45. The van der Waals surface area contributed by atoms with Crippen molar-refractivity contribution in [2.24, 2.45) is 0 Å². The quantitative estimate of drug-likeness (QED) is 0.612. The molecule has 0 spiro atoms. The number of aromatic nitrogens is 2. The van der Waals surface area contributed by atoms with Gasteiger partial charge in [0.2, 0.25) is 0 Å². The van der Waals surface area contributed by atoms with Crippen LogP contribution < -0.4 is 10.6 Å². The highest BCUT2D eigenvalue weighted by atomic mass is 32.2. The van der Waals surface area contributed by atoms with Gasteiger partial charge in [0.15, 0.2) is 5.16 Å². The highest BCUT2D eigenvalue weighted by molar-refractivity contribution is 7.98. The Morgan fingerprint density at radius 1 is 1.00 bits per heavy atom. The largest absolute Gasteiger partial charge is 0.370 e. The molecule has 0 aliphatic carbocycles. The molecule has 0 amide bonds. The van der Waals surface area contributed by atoms with Gasteiger partial charge in [-0.15, -0.1) is 0 Å². The van der Waals surface area contributed by atoms with E-state index in [1.54, 1.807) is 11.8 Å². The molecule has 0 radical (unpaired) electrons. The van der Waals surface area contributed by atoms with Crippen LogP contribution >= 0.6 is 11.8 Å². The Labute approximate surface area is 130 Å². The second-order valence-electron chi connectivity index (χ2n) is 5.05. The SMILES string of the molecule is CCCNc1cc(Nc2cc(C)cc(C)c2)nc(SC)n1. The van der Waals surface area contributed by atoms with E-state index >= 15 is 0 Å². The molecule has 21 heavy (non-hydrogen) atoms. The normalized spacial score (nSPS) is 10.5. The minimum Gasteiger partial charge on any atom is -0.370 e. The van der Waals surface area contributed by atoms with E-state index in [4.69, 9.17) is 0 Å². The van der Waals surface area contributed by atoms with E-state index < -0.39 is 0 Å². The monoisotopic (exact) mass is 302 g/mol. The zero-order chi connectivity index (χ0) is 15.2. The van der Waals surface area contributed by atoms with Gasteiger partial charge in [0.05, 0.1) is 0 Å². The fourth-order valence-corrected chi connectivity index (χ4v) is 2.50. The van der Waals surface area contributed by atoms with Gasteiger partial charge in [0.25, 0.3) is 0 Å². The van der Waals surface area contributed by atoms with Crippen molar-refractivity contribution in [1.29, 1.82) is 0 Å². The number of rotatable bonds is 6. The molecule has 112 valence electrons. The molecule has 0 atom stereocenters. The van der Waals surface area contributed by atoms with Crippen molar-refractivity contribution in [1.82, 2.24) is 9.97 Å². The summed E-state index contributed by atoms with van der Waals surface area (Å²) in [7, 11) is 0. The van der Waals surface area contributed by atoms with Crippen molar-refractivity contribution in [2.75, 3.05) is 23.4 Å². The molecular weight excluding hydrogens is 280 g/mol. The molecule has 0 saturated carbocycles. The first-order valence-electron chi connectivity index (χ1n) is 7.13. The summed E-state index contributed by atoms with van der Waals surface area (Å²) in [6, 6.07) is 8.35. The van der Waals surface area contributed by atoms with Gasteiger partial charge in [0, 0.05) is 18.3 Å². The first kappa shape index (κ1) is 15.6. The Hall–Kier alpha value is -1.75. The summed E-state index contributed by atoms with van der Waals surface area (Å²) in [5.41, 5.74) is 3.53. The molecule has 2 aromatic rings. The summed E-state index contributed by atoms with van der Waals surface area (Å²) in [4.78, 5) is 8.98. The third kappa shape index (κ3) is 4.63. The number of benzene rings is 1. The summed E-state index contributed by atoms with van der Waals surface area (Å²) in [6.45, 7) is 7.24. The summed E-state index contributed by atoms with van der Waals surface area (Å²) in [6.07, 6.45) is 3.05. The van der Waals surface area contributed by atoms with Gasteiger partial charge in [0.1, 0.15) is 11.6 Å². The van der Waals surface area contributed by atoms with Crippen molar-refractivity contribution in [3.63, 3.8) is 0 Å². The highest BCUT2D eigenvalue weighted by Crippen LogP contribution is 2.22. The van der Waals surface area contributed by atoms with Crippen molar-refractivity contribution in [2.45, 2.75) is 32.3 Å². The molecule has 0 bridgehead atoms. The van der Waals surface area contributed by atoms with E-state index in [1.165, 1.54) is 11.1 Å². The summed E-state index contributed by atoms with van der Waals surface area (Å²) in [5.74, 6) is 1.68. The molecule has 5 heteroatoms. The van der Waals surface area contributed by atoms with Gasteiger partial charge in [-0.3, -0.25) is 0 Å². The predicted molar refractivity (Wildman–Crippen MR) is 91.8 cm³/mol. The molecule has 2 rings (SSSR count). The Morgan fingerprint density at radius 3 is 2.29 bits per heavy atom. The van der Waals surface area contributed by atoms with E-state index in [2.05, 4.69) is 59.6 Å². The lowest BCUT2D eigenvalue weighted by molar-refractivity contribution is 0.929. The molecule has 0 unspecified atom stereocenters. The van der Waals surface area contributed by atoms with Gasteiger partial charge in [-0.1, -0.05) is 24.8 Å². The van der Waals surface area contributed by atoms with E-state index in [9.17, 15) is 0 Å². The first-order chi connectivity index (χ1) is 10.1. The smallest absolute Gasteiger partial charge is 0.191 e. The molecule has 0 saturated heterocycles. The van der Waals surface area contributed by atoms with Crippen LogP contribution in [-0.4, -0.2) is 22.8 Å². The third-order valence-corrected chi connectivity index (χ3v) is 3.49. The first-order valence-corrected chi connectivity index (χ1v) is 8.35. The van der Waals surface area contributed by atoms with E-state index in [0.717, 1.165) is 35.4 Å². The fraction of sp³-hybridized carbons (Fsp3) is 0.375. The van der Waals surface area contributed by atoms with E-state index in [1.807, 2.05) is 12.3 Å².